The van der Waals surface area contributed by atoms with Crippen LogP contribution < -0.4 is 10.1 Å². The van der Waals surface area contributed by atoms with E-state index >= 15 is 0 Å². The van der Waals surface area contributed by atoms with Crippen LogP contribution in [-0.4, -0.2) is 35.4 Å². The molecule has 2 atom stereocenters. The van der Waals surface area contributed by atoms with Crippen LogP contribution in [0.25, 0.3) is 0 Å². The van der Waals surface area contributed by atoms with Crippen LogP contribution in [-0.2, 0) is 22.6 Å². The van der Waals surface area contributed by atoms with Crippen molar-refractivity contribution < 1.29 is 14.3 Å². The molecule has 0 aromatic heterocycles. The third-order valence-corrected chi connectivity index (χ3v) is 7.11. The highest BCUT2D eigenvalue weighted by atomic mass is 79.9. The number of rotatable bonds is 11. The van der Waals surface area contributed by atoms with Crippen LogP contribution in [0, 0.1) is 0 Å². The summed E-state index contributed by atoms with van der Waals surface area (Å²) in [4.78, 5) is 28.8. The number of ether oxygens (including phenoxy) is 1. The number of nitrogens with one attached hydrogen (secondary N) is 1. The number of hydrogen-bond acceptors (Lipinski definition) is 3. The minimum absolute atomic E-state index is 0.0140. The Kier molecular flexibility index (Phi) is 10.8. The third kappa shape index (κ3) is 8.36. The van der Waals surface area contributed by atoms with Crippen LogP contribution in [0.1, 0.15) is 31.4 Å². The smallest absolute Gasteiger partial charge is 0.261 e. The van der Waals surface area contributed by atoms with Gasteiger partial charge in [-0.25, -0.2) is 0 Å². The molecule has 36 heavy (non-hydrogen) atoms. The number of benzene rings is 3. The Morgan fingerprint density at radius 2 is 1.72 bits per heavy atom. The molecule has 0 radical (unpaired) electrons. The van der Waals surface area contributed by atoms with E-state index in [9.17, 15) is 9.59 Å². The fourth-order valence-electron chi connectivity index (χ4n) is 3.64. The first-order chi connectivity index (χ1) is 17.3. The van der Waals surface area contributed by atoms with Gasteiger partial charge in [-0.05, 0) is 70.7 Å². The van der Waals surface area contributed by atoms with Gasteiger partial charge >= 0.3 is 0 Å². The average molecular weight is 637 g/mol. The molecule has 3 aromatic carbocycles. The highest BCUT2D eigenvalue weighted by Gasteiger charge is 2.31. The van der Waals surface area contributed by atoms with Gasteiger partial charge in [-0.1, -0.05) is 76.9 Å². The van der Waals surface area contributed by atoms with Crippen LogP contribution in [0.3, 0.4) is 0 Å². The van der Waals surface area contributed by atoms with E-state index in [1.165, 1.54) is 0 Å². The molecular formula is C28H29Br2ClN2O3. The lowest BCUT2D eigenvalue weighted by Gasteiger charge is -2.32. The van der Waals surface area contributed by atoms with Crippen LogP contribution in [0.5, 0.6) is 5.75 Å². The first-order valence-corrected chi connectivity index (χ1v) is 13.7. The number of hydrogen-bond donors (Lipinski definition) is 1. The molecule has 0 aliphatic rings. The zero-order valence-electron chi connectivity index (χ0n) is 20.2. The van der Waals surface area contributed by atoms with E-state index < -0.39 is 6.04 Å². The van der Waals surface area contributed by atoms with Crippen molar-refractivity contribution >= 4 is 55.3 Å². The number of nitrogens with zero attached hydrogens (tertiary/aromatic N) is 1. The van der Waals surface area contributed by atoms with Gasteiger partial charge in [0, 0.05) is 28.5 Å². The van der Waals surface area contributed by atoms with Crippen molar-refractivity contribution in [3.05, 3.63) is 97.9 Å². The SMILES string of the molecule is CC[C@H](C)NC(=O)[C@H](Cc1ccccc1)N(Cc1cccc(Br)c1)C(=O)COc1ccc(Cl)cc1Br. The lowest BCUT2D eigenvalue weighted by molar-refractivity contribution is -0.143. The normalized spacial score (nSPS) is 12.5. The maximum atomic E-state index is 13.6. The largest absolute Gasteiger partial charge is 0.483 e. The predicted octanol–water partition coefficient (Wildman–Crippen LogP) is 6.80. The molecule has 3 aromatic rings. The fraction of sp³-hybridized carbons (Fsp3) is 0.286. The van der Waals surface area contributed by atoms with Gasteiger partial charge in [-0.3, -0.25) is 9.59 Å². The molecule has 1 N–H and O–H groups in total. The van der Waals surface area contributed by atoms with Gasteiger partial charge in [0.15, 0.2) is 6.61 Å². The summed E-state index contributed by atoms with van der Waals surface area (Å²) in [5.74, 6) is 0.0140. The highest BCUT2D eigenvalue weighted by molar-refractivity contribution is 9.10. The average Bonchev–Trinajstić information content (AvgIpc) is 2.86. The molecule has 0 saturated heterocycles. The minimum atomic E-state index is -0.717. The fourth-order valence-corrected chi connectivity index (χ4v) is 4.89. The molecular weight excluding hydrogens is 608 g/mol. The Hall–Kier alpha value is -2.35. The van der Waals surface area contributed by atoms with Crippen molar-refractivity contribution in [2.45, 2.75) is 45.3 Å². The van der Waals surface area contributed by atoms with Gasteiger partial charge < -0.3 is 15.0 Å². The molecule has 0 fully saturated rings. The van der Waals surface area contributed by atoms with Gasteiger partial charge in [0.1, 0.15) is 11.8 Å². The maximum Gasteiger partial charge on any atom is 0.261 e. The van der Waals surface area contributed by atoms with Crippen molar-refractivity contribution in [3.8, 4) is 5.75 Å². The van der Waals surface area contributed by atoms with E-state index in [0.29, 0.717) is 21.7 Å². The zero-order valence-corrected chi connectivity index (χ0v) is 24.1. The summed E-state index contributed by atoms with van der Waals surface area (Å²) in [6.45, 7) is 4.00. The van der Waals surface area contributed by atoms with Crippen LogP contribution >= 0.6 is 43.5 Å². The maximum absolute atomic E-state index is 13.6. The molecule has 0 aliphatic heterocycles. The first-order valence-electron chi connectivity index (χ1n) is 11.7. The molecule has 190 valence electrons. The van der Waals surface area contributed by atoms with Crippen molar-refractivity contribution in [2.75, 3.05) is 6.61 Å². The Morgan fingerprint density at radius 3 is 2.39 bits per heavy atom. The summed E-state index contributed by atoms with van der Waals surface area (Å²) in [6, 6.07) is 21.8. The lowest BCUT2D eigenvalue weighted by atomic mass is 10.0. The molecule has 2 amide bonds. The van der Waals surface area contributed by atoms with Crippen molar-refractivity contribution in [1.82, 2.24) is 10.2 Å². The lowest BCUT2D eigenvalue weighted by Crippen LogP contribution is -2.53. The monoisotopic (exact) mass is 634 g/mol. The number of carbonyl (C=O) groups is 2. The molecule has 3 rings (SSSR count). The van der Waals surface area contributed by atoms with Crippen molar-refractivity contribution in [1.29, 1.82) is 0 Å². The van der Waals surface area contributed by atoms with E-state index in [-0.39, 0.29) is 31.0 Å². The van der Waals surface area contributed by atoms with Crippen molar-refractivity contribution in [2.24, 2.45) is 0 Å². The Labute approximate surface area is 234 Å². The zero-order chi connectivity index (χ0) is 26.1. The number of halogens is 3. The van der Waals surface area contributed by atoms with Gasteiger partial charge in [0.05, 0.1) is 4.47 Å². The van der Waals surface area contributed by atoms with E-state index in [1.807, 2.05) is 68.4 Å². The second-order valence-electron chi connectivity index (χ2n) is 8.54. The molecule has 0 saturated carbocycles. The quantitative estimate of drug-likeness (QED) is 0.252. The van der Waals surface area contributed by atoms with Gasteiger partial charge in [0.25, 0.3) is 5.91 Å². The van der Waals surface area contributed by atoms with E-state index in [4.69, 9.17) is 16.3 Å². The molecule has 0 aliphatic carbocycles. The molecule has 0 bridgehead atoms. The van der Waals surface area contributed by atoms with Gasteiger partial charge in [0.2, 0.25) is 5.91 Å². The number of amides is 2. The molecule has 0 spiro atoms. The van der Waals surface area contributed by atoms with Crippen molar-refractivity contribution in [3.63, 3.8) is 0 Å². The van der Waals surface area contributed by atoms with E-state index in [0.717, 1.165) is 22.0 Å². The summed E-state index contributed by atoms with van der Waals surface area (Å²) >= 11 is 13.0. The van der Waals surface area contributed by atoms with Crippen LogP contribution in [0.4, 0.5) is 0 Å². The predicted molar refractivity (Wildman–Crippen MR) is 151 cm³/mol. The van der Waals surface area contributed by atoms with Gasteiger partial charge in [-0.15, -0.1) is 0 Å². The Morgan fingerprint density at radius 1 is 1.00 bits per heavy atom. The summed E-state index contributed by atoms with van der Waals surface area (Å²) in [5.41, 5.74) is 1.87. The number of carbonyl (C=O) groups excluding carboxylic acids is 2. The summed E-state index contributed by atoms with van der Waals surface area (Å²) < 4.78 is 7.39. The summed E-state index contributed by atoms with van der Waals surface area (Å²) in [6.07, 6.45) is 1.17. The summed E-state index contributed by atoms with van der Waals surface area (Å²) in [7, 11) is 0. The molecule has 0 unspecified atom stereocenters. The Balaban J connectivity index is 1.92. The van der Waals surface area contributed by atoms with Gasteiger partial charge in [-0.2, -0.15) is 0 Å². The first kappa shape index (κ1) is 28.2. The highest BCUT2D eigenvalue weighted by Crippen LogP contribution is 2.28. The van der Waals surface area contributed by atoms with Crippen LogP contribution in [0.15, 0.2) is 81.7 Å². The van der Waals surface area contributed by atoms with Crippen LogP contribution in [0.2, 0.25) is 5.02 Å². The second kappa shape index (κ2) is 13.8. The standard InChI is InChI=1S/C28H29Br2ClN2O3/c1-3-19(2)32-28(35)25(15-20-8-5-4-6-9-20)33(17-21-10-7-11-22(29)14-21)27(34)18-36-26-13-12-23(31)16-24(26)30/h4-14,16,19,25H,3,15,17-18H2,1-2H3,(H,32,35)/t19-,25-/m0/s1. The topological polar surface area (TPSA) is 58.6 Å². The Bertz CT molecular complexity index is 1180. The molecule has 5 nitrogen and oxygen atoms in total. The molecule has 8 heteroatoms. The summed E-state index contributed by atoms with van der Waals surface area (Å²) in [5, 5.41) is 3.62. The van der Waals surface area contributed by atoms with E-state index in [2.05, 4.69) is 37.2 Å². The second-order valence-corrected chi connectivity index (χ2v) is 10.7. The van der Waals surface area contributed by atoms with E-state index in [1.54, 1.807) is 23.1 Å². The third-order valence-electron chi connectivity index (χ3n) is 5.76. The molecule has 0 heterocycles. The minimum Gasteiger partial charge on any atom is -0.483 e.